The van der Waals surface area contributed by atoms with Gasteiger partial charge in [-0.3, -0.25) is 39.1 Å². The summed E-state index contributed by atoms with van der Waals surface area (Å²) in [4.78, 5) is 60.0. The van der Waals surface area contributed by atoms with Crippen LogP contribution in [-0.2, 0) is 9.59 Å². The van der Waals surface area contributed by atoms with Crippen molar-refractivity contribution in [1.29, 1.82) is 0 Å². The van der Waals surface area contributed by atoms with E-state index in [2.05, 4.69) is 27.2 Å². The third-order valence-corrected chi connectivity index (χ3v) is 8.88. The minimum atomic E-state index is -0.961. The molecule has 11 heteroatoms. The fraction of sp³-hybridized carbons (Fsp3) is 0.344. The lowest BCUT2D eigenvalue weighted by Crippen LogP contribution is -2.54. The van der Waals surface area contributed by atoms with E-state index in [0.29, 0.717) is 12.0 Å². The van der Waals surface area contributed by atoms with Gasteiger partial charge in [0.15, 0.2) is 0 Å². The largest absolute Gasteiger partial charge is 0.385 e. The second-order valence-corrected chi connectivity index (χ2v) is 11.6. The average Bonchev–Trinajstić information content (AvgIpc) is 3.48. The van der Waals surface area contributed by atoms with Gasteiger partial charge in [0.1, 0.15) is 6.04 Å². The summed E-state index contributed by atoms with van der Waals surface area (Å²) in [5.74, 6) is -1.36. The van der Waals surface area contributed by atoms with Crippen LogP contribution in [0.1, 0.15) is 71.0 Å². The molecular weight excluding hydrogens is 546 g/mol. The van der Waals surface area contributed by atoms with Gasteiger partial charge in [-0.2, -0.15) is 5.10 Å². The van der Waals surface area contributed by atoms with Crippen LogP contribution in [0.25, 0.3) is 22.3 Å². The lowest BCUT2D eigenvalue weighted by Gasteiger charge is -2.36. The van der Waals surface area contributed by atoms with Crippen molar-refractivity contribution in [2.75, 3.05) is 11.9 Å². The smallest absolute Gasteiger partial charge is 0.262 e. The number of hydrogen-bond donors (Lipinski definition) is 2. The number of amides is 4. The van der Waals surface area contributed by atoms with Crippen LogP contribution in [0, 0.1) is 12.8 Å². The number of hydrogen-bond acceptors (Lipinski definition) is 8. The third kappa shape index (κ3) is 4.84. The van der Waals surface area contributed by atoms with E-state index in [1.54, 1.807) is 18.2 Å². The molecule has 43 heavy (non-hydrogen) atoms. The maximum absolute atomic E-state index is 13.1. The van der Waals surface area contributed by atoms with Crippen molar-refractivity contribution in [3.63, 3.8) is 0 Å². The summed E-state index contributed by atoms with van der Waals surface area (Å²) in [6, 6.07) is 12.4. The summed E-state index contributed by atoms with van der Waals surface area (Å²) < 4.78 is 2.13. The van der Waals surface area contributed by atoms with Gasteiger partial charge < -0.3 is 5.32 Å². The summed E-state index contributed by atoms with van der Waals surface area (Å²) in [5.41, 5.74) is 6.04. The van der Waals surface area contributed by atoms with Gasteiger partial charge in [0.05, 0.1) is 46.3 Å². The van der Waals surface area contributed by atoms with Gasteiger partial charge in [0.25, 0.3) is 11.8 Å². The summed E-state index contributed by atoms with van der Waals surface area (Å²) in [5, 5.41) is 10.3. The van der Waals surface area contributed by atoms with Crippen LogP contribution in [0.3, 0.4) is 0 Å². The standard InChI is InChI=1S/C32H31N7O4/c1-18-24(27-17-34-25-6-2-3-7-26(25)36-27)16-35-39(18)21-13-19(14-21)5-4-12-33-20-8-9-22-23(15-20)32(43)38(31(22)42)28-10-11-29(40)37-30(28)41/h2-3,6-9,15-17,19,21,28,33H,4-5,10-14H2,1H3,(H,37,40,41). The molecule has 11 nitrogen and oxygen atoms in total. The second kappa shape index (κ2) is 10.7. The first kappa shape index (κ1) is 26.9. The molecule has 2 N–H and O–H groups in total. The second-order valence-electron chi connectivity index (χ2n) is 11.6. The highest BCUT2D eigenvalue weighted by molar-refractivity contribution is 6.23. The maximum atomic E-state index is 13.1. The first-order chi connectivity index (χ1) is 20.9. The van der Waals surface area contributed by atoms with Crippen molar-refractivity contribution >= 4 is 40.3 Å². The van der Waals surface area contributed by atoms with Crippen LogP contribution in [0.4, 0.5) is 5.69 Å². The highest BCUT2D eigenvalue weighted by atomic mass is 16.2. The first-order valence-electron chi connectivity index (χ1n) is 14.7. The molecule has 0 spiro atoms. The zero-order valence-electron chi connectivity index (χ0n) is 23.7. The minimum absolute atomic E-state index is 0.0987. The molecule has 2 aromatic carbocycles. The Morgan fingerprint density at radius 3 is 2.56 bits per heavy atom. The highest BCUT2D eigenvalue weighted by Gasteiger charge is 2.44. The van der Waals surface area contributed by atoms with E-state index in [0.717, 1.165) is 70.8 Å². The van der Waals surface area contributed by atoms with Crippen molar-refractivity contribution in [3.05, 3.63) is 71.7 Å². The number of nitrogens with zero attached hydrogens (tertiary/aromatic N) is 5. The monoisotopic (exact) mass is 577 g/mol. The summed E-state index contributed by atoms with van der Waals surface area (Å²) in [6.45, 7) is 2.83. The van der Waals surface area contributed by atoms with Gasteiger partial charge in [-0.05, 0) is 75.3 Å². The Labute approximate surface area is 247 Å². The highest BCUT2D eigenvalue weighted by Crippen LogP contribution is 2.41. The molecule has 1 saturated heterocycles. The lowest BCUT2D eigenvalue weighted by molar-refractivity contribution is -0.136. The number of anilines is 1. The minimum Gasteiger partial charge on any atom is -0.385 e. The van der Waals surface area contributed by atoms with Crippen LogP contribution in [0.5, 0.6) is 0 Å². The maximum Gasteiger partial charge on any atom is 0.262 e. The number of fused-ring (bicyclic) bond motifs is 2. The van der Waals surface area contributed by atoms with Gasteiger partial charge in [-0.15, -0.1) is 0 Å². The van der Waals surface area contributed by atoms with E-state index in [4.69, 9.17) is 10.1 Å². The Balaban J connectivity index is 0.905. The van der Waals surface area contributed by atoms with E-state index in [-0.39, 0.29) is 29.9 Å². The number of para-hydroxylation sites is 2. The fourth-order valence-corrected chi connectivity index (χ4v) is 6.47. The molecule has 4 aromatic rings. The van der Waals surface area contributed by atoms with Crippen LogP contribution < -0.4 is 10.6 Å². The van der Waals surface area contributed by atoms with Gasteiger partial charge >= 0.3 is 0 Å². The molecule has 7 rings (SSSR count). The molecule has 3 aliphatic rings. The molecule has 4 heterocycles. The third-order valence-electron chi connectivity index (χ3n) is 8.88. The van der Waals surface area contributed by atoms with Crippen LogP contribution in [0.2, 0.25) is 0 Å². The number of nitrogens with one attached hydrogen (secondary N) is 2. The van der Waals surface area contributed by atoms with Crippen molar-refractivity contribution in [2.45, 2.75) is 57.5 Å². The molecular formula is C32H31N7O4. The Bertz CT molecular complexity index is 1790. The van der Waals surface area contributed by atoms with E-state index in [9.17, 15) is 19.2 Å². The number of benzene rings is 2. The molecule has 4 amide bonds. The molecule has 1 atom stereocenters. The van der Waals surface area contributed by atoms with Gasteiger partial charge in [0, 0.05) is 29.9 Å². The van der Waals surface area contributed by atoms with E-state index >= 15 is 0 Å². The molecule has 0 radical (unpaired) electrons. The number of carbonyl (C=O) groups excluding carboxylic acids is 4. The molecule has 2 fully saturated rings. The fourth-order valence-electron chi connectivity index (χ4n) is 6.47. The van der Waals surface area contributed by atoms with Gasteiger partial charge in [-0.1, -0.05) is 12.1 Å². The predicted molar refractivity (Wildman–Crippen MR) is 158 cm³/mol. The number of carbonyl (C=O) groups is 4. The topological polar surface area (TPSA) is 139 Å². The number of piperidine rings is 1. The predicted octanol–water partition coefficient (Wildman–Crippen LogP) is 4.05. The van der Waals surface area contributed by atoms with Crippen molar-refractivity contribution < 1.29 is 19.2 Å². The molecule has 2 aliphatic heterocycles. The first-order valence-corrected chi connectivity index (χ1v) is 14.7. The number of aromatic nitrogens is 4. The SMILES string of the molecule is Cc1c(-c2cnc3ccccc3n2)cnn1C1CC(CCCNc2ccc3c(c2)C(=O)N(C2CCC(=O)NC2=O)C3=O)C1. The molecule has 0 bridgehead atoms. The number of rotatable bonds is 8. The summed E-state index contributed by atoms with van der Waals surface area (Å²) in [7, 11) is 0. The summed E-state index contributed by atoms with van der Waals surface area (Å²) in [6.07, 6.45) is 8.16. The van der Waals surface area contributed by atoms with E-state index < -0.39 is 23.8 Å². The van der Waals surface area contributed by atoms with Gasteiger partial charge in [0.2, 0.25) is 11.8 Å². The Kier molecular flexibility index (Phi) is 6.72. The summed E-state index contributed by atoms with van der Waals surface area (Å²) >= 11 is 0. The zero-order chi connectivity index (χ0) is 29.7. The van der Waals surface area contributed by atoms with Crippen molar-refractivity contribution in [1.82, 2.24) is 30.0 Å². The van der Waals surface area contributed by atoms with Crippen molar-refractivity contribution in [2.24, 2.45) is 5.92 Å². The number of imide groups is 2. The van der Waals surface area contributed by atoms with Crippen LogP contribution in [-0.4, -0.2) is 60.9 Å². The Hall–Kier alpha value is -4.93. The van der Waals surface area contributed by atoms with Crippen LogP contribution >= 0.6 is 0 Å². The molecule has 1 aliphatic carbocycles. The molecule has 1 saturated carbocycles. The molecule has 1 unspecified atom stereocenters. The zero-order valence-corrected chi connectivity index (χ0v) is 23.7. The quantitative estimate of drug-likeness (QED) is 0.236. The molecule has 218 valence electrons. The molecule has 2 aromatic heterocycles. The van der Waals surface area contributed by atoms with Gasteiger partial charge in [-0.25, -0.2) is 4.98 Å². The lowest BCUT2D eigenvalue weighted by atomic mass is 9.77. The Morgan fingerprint density at radius 1 is 0.953 bits per heavy atom. The average molecular weight is 578 g/mol. The Morgan fingerprint density at radius 2 is 1.74 bits per heavy atom. The normalized spacial score (nSPS) is 21.6. The van der Waals surface area contributed by atoms with Crippen LogP contribution in [0.15, 0.2) is 54.9 Å². The van der Waals surface area contributed by atoms with E-state index in [1.807, 2.05) is 36.7 Å². The van der Waals surface area contributed by atoms with Crippen molar-refractivity contribution in [3.8, 4) is 11.3 Å². The van der Waals surface area contributed by atoms with E-state index in [1.165, 1.54) is 0 Å².